The van der Waals surface area contributed by atoms with E-state index in [0.717, 1.165) is 0 Å². The van der Waals surface area contributed by atoms with E-state index in [2.05, 4.69) is 0 Å². The SMILES string of the molecule is CCCOc1c(O)c(O)c2c(=O)cc(-c3ccccc3)oc2c1OC. The van der Waals surface area contributed by atoms with Crippen LogP contribution in [-0.2, 0) is 0 Å². The van der Waals surface area contributed by atoms with Crippen molar-refractivity contribution < 1.29 is 24.1 Å². The van der Waals surface area contributed by atoms with Gasteiger partial charge in [-0.15, -0.1) is 0 Å². The van der Waals surface area contributed by atoms with E-state index in [4.69, 9.17) is 13.9 Å². The van der Waals surface area contributed by atoms with Crippen molar-refractivity contribution in [3.05, 3.63) is 46.6 Å². The van der Waals surface area contributed by atoms with Gasteiger partial charge in [0.2, 0.25) is 17.2 Å². The quantitative estimate of drug-likeness (QED) is 0.688. The molecule has 2 aromatic carbocycles. The largest absolute Gasteiger partial charge is 0.504 e. The zero-order chi connectivity index (χ0) is 18.0. The molecule has 0 aliphatic rings. The highest BCUT2D eigenvalue weighted by Gasteiger charge is 2.25. The van der Waals surface area contributed by atoms with Gasteiger partial charge in [0.15, 0.2) is 16.8 Å². The maximum atomic E-state index is 12.5. The molecule has 0 bridgehead atoms. The number of hydrogen-bond donors (Lipinski definition) is 2. The Kier molecular flexibility index (Phi) is 4.52. The lowest BCUT2D eigenvalue weighted by atomic mass is 10.1. The van der Waals surface area contributed by atoms with Crippen molar-refractivity contribution in [2.24, 2.45) is 0 Å². The fourth-order valence-electron chi connectivity index (χ4n) is 2.58. The van der Waals surface area contributed by atoms with Crippen LogP contribution in [0, 0.1) is 0 Å². The number of fused-ring (bicyclic) bond motifs is 1. The first-order chi connectivity index (χ1) is 12.1. The maximum absolute atomic E-state index is 12.5. The van der Waals surface area contributed by atoms with Gasteiger partial charge in [-0.25, -0.2) is 0 Å². The number of phenols is 2. The summed E-state index contributed by atoms with van der Waals surface area (Å²) in [5.74, 6) is -0.799. The van der Waals surface area contributed by atoms with Gasteiger partial charge in [-0.1, -0.05) is 37.3 Å². The summed E-state index contributed by atoms with van der Waals surface area (Å²) in [5.41, 5.74) is 0.232. The average molecular weight is 342 g/mol. The van der Waals surface area contributed by atoms with E-state index < -0.39 is 16.9 Å². The third-order valence-electron chi connectivity index (χ3n) is 3.75. The Morgan fingerprint density at radius 2 is 1.80 bits per heavy atom. The van der Waals surface area contributed by atoms with Crippen LogP contribution >= 0.6 is 0 Å². The maximum Gasteiger partial charge on any atom is 0.211 e. The van der Waals surface area contributed by atoms with Crippen molar-refractivity contribution in [2.75, 3.05) is 13.7 Å². The van der Waals surface area contributed by atoms with E-state index >= 15 is 0 Å². The second-order valence-electron chi connectivity index (χ2n) is 5.45. The second-order valence-corrected chi connectivity index (χ2v) is 5.45. The number of benzene rings is 2. The molecule has 2 N–H and O–H groups in total. The van der Waals surface area contributed by atoms with Crippen molar-refractivity contribution in [3.63, 3.8) is 0 Å². The number of ether oxygens (including phenoxy) is 2. The van der Waals surface area contributed by atoms with Gasteiger partial charge in [-0.3, -0.25) is 4.79 Å². The summed E-state index contributed by atoms with van der Waals surface area (Å²) in [4.78, 5) is 12.5. The van der Waals surface area contributed by atoms with Gasteiger partial charge in [0.1, 0.15) is 11.1 Å². The number of aromatic hydroxyl groups is 2. The Bertz CT molecular complexity index is 959. The molecule has 0 radical (unpaired) electrons. The van der Waals surface area contributed by atoms with Crippen molar-refractivity contribution in [1.29, 1.82) is 0 Å². The molecule has 3 rings (SSSR count). The molecular formula is C19H18O6. The molecule has 0 aliphatic heterocycles. The van der Waals surface area contributed by atoms with Gasteiger partial charge in [-0.2, -0.15) is 0 Å². The lowest BCUT2D eigenvalue weighted by Crippen LogP contribution is -2.05. The Balaban J connectivity index is 2.35. The minimum atomic E-state index is -0.588. The molecule has 1 heterocycles. The van der Waals surface area contributed by atoms with Gasteiger partial charge < -0.3 is 24.1 Å². The van der Waals surface area contributed by atoms with E-state index in [1.54, 1.807) is 12.1 Å². The Labute approximate surface area is 143 Å². The van der Waals surface area contributed by atoms with Crippen LogP contribution in [0.15, 0.2) is 45.6 Å². The van der Waals surface area contributed by atoms with Crippen LogP contribution in [0.25, 0.3) is 22.3 Å². The molecule has 0 saturated carbocycles. The van der Waals surface area contributed by atoms with Crippen LogP contribution in [0.4, 0.5) is 0 Å². The van der Waals surface area contributed by atoms with E-state index in [1.165, 1.54) is 13.2 Å². The summed E-state index contributed by atoms with van der Waals surface area (Å²) < 4.78 is 16.6. The summed E-state index contributed by atoms with van der Waals surface area (Å²) in [6.07, 6.45) is 0.690. The Morgan fingerprint density at radius 1 is 1.08 bits per heavy atom. The van der Waals surface area contributed by atoms with Crippen LogP contribution in [0.3, 0.4) is 0 Å². The standard InChI is InChI=1S/C19H18O6/c1-3-9-24-18-16(22)15(21)14-12(20)10-13(11-7-5-4-6-8-11)25-17(14)19(18)23-2/h4-8,10,21-22H,3,9H2,1-2H3. The van der Waals surface area contributed by atoms with Crippen LogP contribution in [-0.4, -0.2) is 23.9 Å². The molecule has 25 heavy (non-hydrogen) atoms. The lowest BCUT2D eigenvalue weighted by molar-refractivity contribution is 0.273. The molecule has 0 spiro atoms. The van der Waals surface area contributed by atoms with Gasteiger partial charge >= 0.3 is 0 Å². The summed E-state index contributed by atoms with van der Waals surface area (Å²) in [6, 6.07) is 10.4. The van der Waals surface area contributed by atoms with Crippen LogP contribution in [0.5, 0.6) is 23.0 Å². The fourth-order valence-corrected chi connectivity index (χ4v) is 2.58. The summed E-state index contributed by atoms with van der Waals surface area (Å²) in [7, 11) is 1.37. The first-order valence-corrected chi connectivity index (χ1v) is 7.86. The van der Waals surface area contributed by atoms with Crippen molar-refractivity contribution in [2.45, 2.75) is 13.3 Å². The zero-order valence-electron chi connectivity index (χ0n) is 13.9. The van der Waals surface area contributed by atoms with Crippen molar-refractivity contribution >= 4 is 11.0 Å². The van der Waals surface area contributed by atoms with Gasteiger partial charge in [0, 0.05) is 11.6 Å². The van der Waals surface area contributed by atoms with E-state index in [-0.39, 0.29) is 22.5 Å². The highest BCUT2D eigenvalue weighted by Crippen LogP contribution is 2.49. The molecule has 0 atom stereocenters. The van der Waals surface area contributed by atoms with Gasteiger partial charge in [0.25, 0.3) is 0 Å². The molecule has 0 aliphatic carbocycles. The summed E-state index contributed by atoms with van der Waals surface area (Å²) in [5, 5.41) is 20.3. The molecule has 0 fully saturated rings. The first-order valence-electron chi connectivity index (χ1n) is 7.86. The fraction of sp³-hybridized carbons (Fsp3) is 0.211. The van der Waals surface area contributed by atoms with Gasteiger partial charge in [0.05, 0.1) is 13.7 Å². The lowest BCUT2D eigenvalue weighted by Gasteiger charge is -2.15. The molecule has 0 unspecified atom stereocenters. The summed E-state index contributed by atoms with van der Waals surface area (Å²) in [6.45, 7) is 2.20. The van der Waals surface area contributed by atoms with E-state index in [9.17, 15) is 15.0 Å². The third kappa shape index (κ3) is 2.87. The Morgan fingerprint density at radius 3 is 2.44 bits per heavy atom. The highest BCUT2D eigenvalue weighted by molar-refractivity contribution is 5.95. The molecule has 3 aromatic rings. The Hall–Kier alpha value is -3.15. The van der Waals surface area contributed by atoms with E-state index in [0.29, 0.717) is 24.4 Å². The topological polar surface area (TPSA) is 89.1 Å². The normalized spacial score (nSPS) is 10.8. The molecule has 0 amide bonds. The molecule has 0 saturated heterocycles. The number of rotatable bonds is 5. The molecule has 130 valence electrons. The number of hydrogen-bond acceptors (Lipinski definition) is 6. The smallest absolute Gasteiger partial charge is 0.211 e. The van der Waals surface area contributed by atoms with Gasteiger partial charge in [-0.05, 0) is 6.42 Å². The second kappa shape index (κ2) is 6.76. The molecular weight excluding hydrogens is 324 g/mol. The van der Waals surface area contributed by atoms with Crippen LogP contribution in [0.1, 0.15) is 13.3 Å². The van der Waals surface area contributed by atoms with Crippen molar-refractivity contribution in [1.82, 2.24) is 0 Å². The van der Waals surface area contributed by atoms with E-state index in [1.807, 2.05) is 25.1 Å². The first kappa shape index (κ1) is 16.7. The minimum absolute atomic E-state index is 0.0234. The minimum Gasteiger partial charge on any atom is -0.504 e. The number of methoxy groups -OCH3 is 1. The molecule has 1 aromatic heterocycles. The molecule has 6 heteroatoms. The monoisotopic (exact) mass is 342 g/mol. The highest BCUT2D eigenvalue weighted by atomic mass is 16.5. The molecule has 6 nitrogen and oxygen atoms in total. The van der Waals surface area contributed by atoms with Crippen LogP contribution < -0.4 is 14.9 Å². The van der Waals surface area contributed by atoms with Crippen molar-refractivity contribution in [3.8, 4) is 34.3 Å². The predicted octanol–water partition coefficient (Wildman–Crippen LogP) is 3.67. The number of phenolic OH excluding ortho intramolecular Hbond substituents is 2. The average Bonchev–Trinajstić information content (AvgIpc) is 2.63. The van der Waals surface area contributed by atoms with Crippen LogP contribution in [0.2, 0.25) is 0 Å². The zero-order valence-corrected chi connectivity index (χ0v) is 13.9. The third-order valence-corrected chi connectivity index (χ3v) is 3.75. The predicted molar refractivity (Wildman–Crippen MR) is 93.6 cm³/mol. The summed E-state index contributed by atoms with van der Waals surface area (Å²) >= 11 is 0.